The van der Waals surface area contributed by atoms with Crippen LogP contribution in [-0.4, -0.2) is 40.5 Å². The van der Waals surface area contributed by atoms with E-state index in [-0.39, 0.29) is 15.8 Å². The zero-order valence-corrected chi connectivity index (χ0v) is 13.8. The Bertz CT molecular complexity index is 952. The van der Waals surface area contributed by atoms with Crippen LogP contribution in [-0.2, 0) is 14.3 Å². The number of esters is 1. The van der Waals surface area contributed by atoms with Gasteiger partial charge in [0.2, 0.25) is 0 Å². The molecule has 25 heavy (non-hydrogen) atoms. The van der Waals surface area contributed by atoms with Gasteiger partial charge in [-0.1, -0.05) is 12.1 Å². The molecule has 0 bridgehead atoms. The van der Waals surface area contributed by atoms with Gasteiger partial charge >= 0.3 is 5.97 Å². The summed E-state index contributed by atoms with van der Waals surface area (Å²) in [6.45, 7) is 0. The summed E-state index contributed by atoms with van der Waals surface area (Å²) in [5.74, 6) is -1.09. The number of rotatable bonds is 3. The second kappa shape index (κ2) is 7.14. The fourth-order valence-corrected chi connectivity index (χ4v) is 2.77. The van der Waals surface area contributed by atoms with Crippen LogP contribution in [0.5, 0.6) is 5.75 Å². The molecule has 2 heterocycles. The quantitative estimate of drug-likeness (QED) is 0.373. The lowest BCUT2D eigenvalue weighted by molar-refractivity contribution is -0.135. The maximum Gasteiger partial charge on any atom is 0.331 e. The predicted octanol–water partition coefficient (Wildman–Crippen LogP) is 1.55. The van der Waals surface area contributed by atoms with Crippen molar-refractivity contribution < 1.29 is 19.4 Å². The van der Waals surface area contributed by atoms with E-state index in [2.05, 4.69) is 25.2 Å². The van der Waals surface area contributed by atoms with Crippen LogP contribution in [0.2, 0.25) is 0 Å². The Hall–Kier alpha value is -3.20. The summed E-state index contributed by atoms with van der Waals surface area (Å²) >= 11 is 0.965. The molecule has 0 radical (unpaired) electrons. The Labute approximate surface area is 146 Å². The normalized spacial score (nSPS) is 17.6. The Balaban J connectivity index is 1.78. The van der Waals surface area contributed by atoms with Crippen molar-refractivity contribution in [2.45, 2.75) is 0 Å². The van der Waals surface area contributed by atoms with Crippen LogP contribution in [0.25, 0.3) is 10.9 Å². The van der Waals surface area contributed by atoms with Gasteiger partial charge in [-0.3, -0.25) is 15.1 Å². The molecule has 1 amide bonds. The second-order valence-electron chi connectivity index (χ2n) is 4.82. The standard InChI is InChI=1S/C16H12N4O4S/c1-24-12(21)7-11-15(23)19-16(25-11)20-18-8-10-5-4-9-3-2-6-17-13(9)14(10)22/h2-8,22H,1H3,(H,19,20,23)/b11-7+,18-8?. The number of fused-ring (bicyclic) bond motifs is 1. The van der Waals surface area contributed by atoms with Gasteiger partial charge in [0, 0.05) is 23.2 Å². The van der Waals surface area contributed by atoms with Gasteiger partial charge < -0.3 is 9.84 Å². The third-order valence-corrected chi connectivity index (χ3v) is 4.13. The van der Waals surface area contributed by atoms with Crippen LogP contribution in [0.4, 0.5) is 0 Å². The summed E-state index contributed by atoms with van der Waals surface area (Å²) in [5.41, 5.74) is 0.904. The molecule has 1 saturated heterocycles. The number of amides is 1. The highest BCUT2D eigenvalue weighted by Crippen LogP contribution is 2.26. The van der Waals surface area contributed by atoms with Crippen molar-refractivity contribution >= 4 is 45.9 Å². The molecule has 0 spiro atoms. The number of pyridine rings is 1. The van der Waals surface area contributed by atoms with E-state index < -0.39 is 11.9 Å². The molecule has 0 atom stereocenters. The number of ether oxygens (including phenoxy) is 1. The van der Waals surface area contributed by atoms with E-state index in [1.54, 1.807) is 24.4 Å². The zero-order chi connectivity index (χ0) is 17.8. The average Bonchev–Trinajstić information content (AvgIpc) is 2.96. The first-order chi connectivity index (χ1) is 12.1. The minimum absolute atomic E-state index is 0.00330. The van der Waals surface area contributed by atoms with Crippen LogP contribution in [0, 0.1) is 0 Å². The summed E-state index contributed by atoms with van der Waals surface area (Å²) in [5, 5.41) is 21.4. The van der Waals surface area contributed by atoms with Crippen LogP contribution in [0.3, 0.4) is 0 Å². The second-order valence-corrected chi connectivity index (χ2v) is 5.85. The molecule has 2 aromatic rings. The Kier molecular flexibility index (Phi) is 4.75. The number of hydrogen-bond donors (Lipinski definition) is 2. The van der Waals surface area contributed by atoms with Crippen molar-refractivity contribution in [3.05, 3.63) is 47.0 Å². The van der Waals surface area contributed by atoms with Crippen molar-refractivity contribution in [3.8, 4) is 5.75 Å². The van der Waals surface area contributed by atoms with E-state index in [4.69, 9.17) is 0 Å². The number of aromatic hydroxyl groups is 1. The number of nitrogens with one attached hydrogen (secondary N) is 1. The number of methoxy groups -OCH3 is 1. The summed E-state index contributed by atoms with van der Waals surface area (Å²) in [6, 6.07) is 7.11. The third-order valence-electron chi connectivity index (χ3n) is 3.23. The van der Waals surface area contributed by atoms with E-state index in [1.807, 2.05) is 6.07 Å². The molecule has 1 aliphatic rings. The highest BCUT2D eigenvalue weighted by molar-refractivity contribution is 8.18. The van der Waals surface area contributed by atoms with Crippen LogP contribution in [0.1, 0.15) is 5.56 Å². The van der Waals surface area contributed by atoms with Gasteiger partial charge in [-0.05, 0) is 23.9 Å². The summed E-state index contributed by atoms with van der Waals surface area (Å²) < 4.78 is 4.47. The van der Waals surface area contributed by atoms with Crippen LogP contribution < -0.4 is 5.32 Å². The molecule has 0 aliphatic carbocycles. The Morgan fingerprint density at radius 3 is 3.04 bits per heavy atom. The average molecular weight is 356 g/mol. The fraction of sp³-hybridized carbons (Fsp3) is 0.0625. The molecule has 1 fully saturated rings. The molecule has 0 unspecified atom stereocenters. The molecule has 2 N–H and O–H groups in total. The largest absolute Gasteiger partial charge is 0.505 e. The van der Waals surface area contributed by atoms with Gasteiger partial charge in [0.1, 0.15) is 5.52 Å². The minimum Gasteiger partial charge on any atom is -0.505 e. The highest BCUT2D eigenvalue weighted by atomic mass is 32.2. The number of hydrogen-bond acceptors (Lipinski definition) is 8. The molecule has 1 aromatic heterocycles. The van der Waals surface area contributed by atoms with E-state index in [0.717, 1.165) is 23.2 Å². The van der Waals surface area contributed by atoms with Gasteiger partial charge in [-0.25, -0.2) is 4.79 Å². The van der Waals surface area contributed by atoms with E-state index in [0.29, 0.717) is 11.1 Å². The number of carbonyl (C=O) groups is 2. The van der Waals surface area contributed by atoms with Crippen molar-refractivity contribution in [1.29, 1.82) is 0 Å². The molecule has 1 aromatic carbocycles. The number of amidine groups is 1. The van der Waals surface area contributed by atoms with Gasteiger partial charge in [-0.15, -0.1) is 5.10 Å². The van der Waals surface area contributed by atoms with Gasteiger partial charge in [-0.2, -0.15) is 5.10 Å². The third kappa shape index (κ3) is 3.66. The highest BCUT2D eigenvalue weighted by Gasteiger charge is 2.25. The molecule has 1 aliphatic heterocycles. The van der Waals surface area contributed by atoms with Crippen molar-refractivity contribution in [2.24, 2.45) is 10.2 Å². The molecular formula is C16H12N4O4S. The number of benzene rings is 1. The first-order valence-electron chi connectivity index (χ1n) is 7.05. The van der Waals surface area contributed by atoms with E-state index in [1.165, 1.54) is 13.3 Å². The van der Waals surface area contributed by atoms with Crippen molar-refractivity contribution in [3.63, 3.8) is 0 Å². The monoisotopic (exact) mass is 356 g/mol. The maximum absolute atomic E-state index is 11.7. The Morgan fingerprint density at radius 2 is 2.24 bits per heavy atom. The summed E-state index contributed by atoms with van der Waals surface area (Å²) in [6.07, 6.45) is 4.02. The topological polar surface area (TPSA) is 113 Å². The number of nitrogens with zero attached hydrogens (tertiary/aromatic N) is 3. The first-order valence-corrected chi connectivity index (χ1v) is 7.86. The Morgan fingerprint density at radius 1 is 1.40 bits per heavy atom. The molecule has 0 saturated carbocycles. The molecule has 8 nitrogen and oxygen atoms in total. The van der Waals surface area contributed by atoms with Crippen LogP contribution in [0.15, 0.2) is 51.6 Å². The number of phenols is 1. The van der Waals surface area contributed by atoms with Crippen molar-refractivity contribution in [2.75, 3.05) is 7.11 Å². The van der Waals surface area contributed by atoms with E-state index in [9.17, 15) is 14.7 Å². The summed E-state index contributed by atoms with van der Waals surface area (Å²) in [7, 11) is 1.22. The zero-order valence-electron chi connectivity index (χ0n) is 13.0. The molecule has 9 heteroatoms. The SMILES string of the molecule is COC(=O)/C=C1/S/C(=N\N=Cc2ccc3cccnc3c2O)NC1=O. The lowest BCUT2D eigenvalue weighted by Crippen LogP contribution is -2.19. The van der Waals surface area contributed by atoms with E-state index >= 15 is 0 Å². The smallest absolute Gasteiger partial charge is 0.331 e. The lowest BCUT2D eigenvalue weighted by Gasteiger charge is -2.02. The predicted molar refractivity (Wildman–Crippen MR) is 94.3 cm³/mol. The number of phenolic OH excluding ortho intramolecular Hbond substituents is 1. The number of thioether (sulfide) groups is 1. The van der Waals surface area contributed by atoms with Gasteiger partial charge in [0.15, 0.2) is 10.9 Å². The fourth-order valence-electron chi connectivity index (χ4n) is 2.03. The molecule has 126 valence electrons. The van der Waals surface area contributed by atoms with Crippen LogP contribution >= 0.6 is 11.8 Å². The lowest BCUT2D eigenvalue weighted by atomic mass is 10.1. The summed E-state index contributed by atoms with van der Waals surface area (Å²) in [4.78, 5) is 27.1. The minimum atomic E-state index is -0.629. The number of aromatic nitrogens is 1. The van der Waals surface area contributed by atoms with Gasteiger partial charge in [0.25, 0.3) is 5.91 Å². The first kappa shape index (κ1) is 16.7. The van der Waals surface area contributed by atoms with Gasteiger partial charge in [0.05, 0.1) is 18.2 Å². The molecule has 3 rings (SSSR count). The van der Waals surface area contributed by atoms with Crippen molar-refractivity contribution in [1.82, 2.24) is 10.3 Å². The molecular weight excluding hydrogens is 344 g/mol. The maximum atomic E-state index is 11.7. The number of carbonyl (C=O) groups excluding carboxylic acids is 2.